The fourth-order valence-electron chi connectivity index (χ4n) is 3.30. The molecule has 1 aromatic carbocycles. The molecule has 1 aromatic heterocycles. The second kappa shape index (κ2) is 12.1. The minimum absolute atomic E-state index is 0. The van der Waals surface area contributed by atoms with E-state index in [4.69, 9.17) is 5.73 Å². The maximum Gasteiger partial charge on any atom is 0.224 e. The highest BCUT2D eigenvalue weighted by molar-refractivity contribution is 7.98. The Labute approximate surface area is 188 Å². The molecule has 2 atom stereocenters. The Kier molecular flexibility index (Phi) is 10.9. The third-order valence-corrected chi connectivity index (χ3v) is 6.82. The van der Waals surface area contributed by atoms with Gasteiger partial charge in [-0.15, -0.1) is 47.9 Å². The smallest absolute Gasteiger partial charge is 0.224 e. The molecule has 0 spiro atoms. The molecular formula is C20H29Cl2N3OS2. The van der Waals surface area contributed by atoms with Gasteiger partial charge in [0, 0.05) is 41.9 Å². The third kappa shape index (κ3) is 6.12. The summed E-state index contributed by atoms with van der Waals surface area (Å²) >= 11 is 3.60. The molecule has 2 heterocycles. The molecule has 0 radical (unpaired) electrons. The van der Waals surface area contributed by atoms with Crippen LogP contribution in [0, 0.1) is 5.92 Å². The first-order valence-corrected chi connectivity index (χ1v) is 11.1. The number of nitrogens with one attached hydrogen (secondary N) is 1. The van der Waals surface area contributed by atoms with Crippen LogP contribution >= 0.6 is 47.9 Å². The van der Waals surface area contributed by atoms with Crippen molar-refractivity contribution >= 4 is 53.8 Å². The SMILES string of the molecule is CSc1ccc(C(CNC(=O)C(C)CN)N2CCc3sccc3C2)cc1.Cl.Cl. The zero-order valence-corrected chi connectivity index (χ0v) is 19.5. The number of carbonyl (C=O) groups excluding carboxylic acids is 1. The quantitative estimate of drug-likeness (QED) is 0.608. The van der Waals surface area contributed by atoms with Gasteiger partial charge in [-0.05, 0) is 47.4 Å². The van der Waals surface area contributed by atoms with Crippen LogP contribution in [-0.2, 0) is 17.8 Å². The molecule has 2 unspecified atom stereocenters. The van der Waals surface area contributed by atoms with Gasteiger partial charge >= 0.3 is 0 Å². The van der Waals surface area contributed by atoms with Crippen molar-refractivity contribution in [1.29, 1.82) is 0 Å². The van der Waals surface area contributed by atoms with Crippen molar-refractivity contribution in [3.8, 4) is 0 Å². The molecule has 4 nitrogen and oxygen atoms in total. The van der Waals surface area contributed by atoms with Gasteiger partial charge in [0.05, 0.1) is 6.04 Å². The maximum atomic E-state index is 12.2. The predicted octanol–water partition coefficient (Wildman–Crippen LogP) is 4.12. The molecule has 0 fully saturated rings. The first kappa shape index (κ1) is 25.3. The molecule has 1 aliphatic rings. The van der Waals surface area contributed by atoms with Crippen LogP contribution in [0.5, 0.6) is 0 Å². The second-order valence-corrected chi connectivity index (χ2v) is 8.64. The fourth-order valence-corrected chi connectivity index (χ4v) is 4.60. The topological polar surface area (TPSA) is 58.4 Å². The number of carbonyl (C=O) groups is 1. The average Bonchev–Trinajstić information content (AvgIpc) is 3.15. The van der Waals surface area contributed by atoms with E-state index in [0.29, 0.717) is 13.1 Å². The van der Waals surface area contributed by atoms with E-state index >= 15 is 0 Å². The highest BCUT2D eigenvalue weighted by Gasteiger charge is 2.26. The van der Waals surface area contributed by atoms with Gasteiger partial charge in [0.25, 0.3) is 0 Å². The van der Waals surface area contributed by atoms with Gasteiger partial charge < -0.3 is 11.1 Å². The Balaban J connectivity index is 0.00000196. The van der Waals surface area contributed by atoms with Gasteiger partial charge in [-0.3, -0.25) is 9.69 Å². The van der Waals surface area contributed by atoms with Gasteiger partial charge in [0.1, 0.15) is 0 Å². The summed E-state index contributed by atoms with van der Waals surface area (Å²) in [4.78, 5) is 17.5. The Morgan fingerprint density at radius 1 is 1.29 bits per heavy atom. The molecule has 0 bridgehead atoms. The Hall–Kier alpha value is -0.760. The summed E-state index contributed by atoms with van der Waals surface area (Å²) in [5.41, 5.74) is 8.31. The van der Waals surface area contributed by atoms with Gasteiger partial charge in [-0.25, -0.2) is 0 Å². The van der Waals surface area contributed by atoms with E-state index in [1.54, 1.807) is 11.8 Å². The van der Waals surface area contributed by atoms with E-state index in [-0.39, 0.29) is 42.7 Å². The minimum Gasteiger partial charge on any atom is -0.354 e. The number of fused-ring (bicyclic) bond motifs is 1. The highest BCUT2D eigenvalue weighted by atomic mass is 35.5. The number of nitrogens with two attached hydrogens (primary N) is 1. The first-order chi connectivity index (χ1) is 12.6. The summed E-state index contributed by atoms with van der Waals surface area (Å²) in [7, 11) is 0. The number of benzene rings is 1. The van der Waals surface area contributed by atoms with Crippen molar-refractivity contribution < 1.29 is 4.79 Å². The Morgan fingerprint density at radius 2 is 2.00 bits per heavy atom. The summed E-state index contributed by atoms with van der Waals surface area (Å²) < 4.78 is 0. The Bertz CT molecular complexity index is 739. The number of thiophene rings is 1. The van der Waals surface area contributed by atoms with Crippen LogP contribution in [0.15, 0.2) is 40.6 Å². The molecule has 0 saturated heterocycles. The number of rotatable bonds is 7. The lowest BCUT2D eigenvalue weighted by molar-refractivity contribution is -0.124. The molecule has 0 saturated carbocycles. The van der Waals surface area contributed by atoms with Crippen molar-refractivity contribution in [1.82, 2.24) is 10.2 Å². The van der Waals surface area contributed by atoms with E-state index in [9.17, 15) is 4.79 Å². The number of amides is 1. The summed E-state index contributed by atoms with van der Waals surface area (Å²) in [5, 5.41) is 5.29. The van der Waals surface area contributed by atoms with Gasteiger partial charge in [0.2, 0.25) is 5.91 Å². The van der Waals surface area contributed by atoms with Gasteiger partial charge in [-0.1, -0.05) is 19.1 Å². The van der Waals surface area contributed by atoms with Crippen LogP contribution in [0.3, 0.4) is 0 Å². The Morgan fingerprint density at radius 3 is 2.64 bits per heavy atom. The lowest BCUT2D eigenvalue weighted by atomic mass is 10.0. The molecule has 1 aliphatic heterocycles. The molecule has 2 aromatic rings. The van der Waals surface area contributed by atoms with E-state index in [1.807, 2.05) is 18.3 Å². The van der Waals surface area contributed by atoms with Crippen molar-refractivity contribution in [2.45, 2.75) is 30.8 Å². The molecular weight excluding hydrogens is 433 g/mol. The molecule has 8 heteroatoms. The van der Waals surface area contributed by atoms with Crippen LogP contribution in [0.4, 0.5) is 0 Å². The number of thioether (sulfide) groups is 1. The number of hydrogen-bond donors (Lipinski definition) is 2. The zero-order chi connectivity index (χ0) is 18.5. The van der Waals surface area contributed by atoms with Crippen molar-refractivity contribution in [3.05, 3.63) is 51.7 Å². The summed E-state index contributed by atoms with van der Waals surface area (Å²) in [5.74, 6) is -0.120. The van der Waals surface area contributed by atoms with E-state index in [0.717, 1.165) is 19.5 Å². The monoisotopic (exact) mass is 461 g/mol. The van der Waals surface area contributed by atoms with Crippen molar-refractivity contribution in [2.75, 3.05) is 25.9 Å². The summed E-state index contributed by atoms with van der Waals surface area (Å²) in [6, 6.07) is 11.1. The molecule has 3 N–H and O–H groups in total. The van der Waals surface area contributed by atoms with Crippen molar-refractivity contribution in [3.63, 3.8) is 0 Å². The lowest BCUT2D eigenvalue weighted by Gasteiger charge is -2.35. The van der Waals surface area contributed by atoms with Crippen LogP contribution in [-0.4, -0.2) is 36.7 Å². The van der Waals surface area contributed by atoms with Crippen molar-refractivity contribution in [2.24, 2.45) is 11.7 Å². The zero-order valence-electron chi connectivity index (χ0n) is 16.2. The van der Waals surface area contributed by atoms with Crippen LogP contribution < -0.4 is 11.1 Å². The fraction of sp³-hybridized carbons (Fsp3) is 0.450. The second-order valence-electron chi connectivity index (χ2n) is 6.76. The first-order valence-electron chi connectivity index (χ1n) is 9.03. The molecule has 1 amide bonds. The van der Waals surface area contributed by atoms with Crippen LogP contribution in [0.1, 0.15) is 29.0 Å². The maximum absolute atomic E-state index is 12.2. The van der Waals surface area contributed by atoms with E-state index in [2.05, 4.69) is 52.2 Å². The highest BCUT2D eigenvalue weighted by Crippen LogP contribution is 2.31. The normalized spacial score (nSPS) is 15.5. The standard InChI is InChI=1S/C20H27N3OS2.2ClH/c1-14(11-21)20(24)22-12-18(15-3-5-17(25-2)6-4-15)23-9-7-19-16(13-23)8-10-26-19;;/h3-6,8,10,14,18H,7,9,11-13,21H2,1-2H3,(H,22,24);2*1H. The van der Waals surface area contributed by atoms with E-state index < -0.39 is 0 Å². The lowest BCUT2D eigenvalue weighted by Crippen LogP contribution is -2.42. The van der Waals surface area contributed by atoms with Gasteiger partial charge in [-0.2, -0.15) is 0 Å². The molecule has 28 heavy (non-hydrogen) atoms. The minimum atomic E-state index is -0.153. The van der Waals surface area contributed by atoms with Crippen LogP contribution in [0.2, 0.25) is 0 Å². The largest absolute Gasteiger partial charge is 0.354 e. The number of nitrogens with zero attached hydrogens (tertiary/aromatic N) is 1. The summed E-state index contributed by atoms with van der Waals surface area (Å²) in [6.45, 7) is 4.82. The molecule has 156 valence electrons. The third-order valence-electron chi connectivity index (χ3n) is 5.05. The number of hydrogen-bond acceptors (Lipinski definition) is 5. The predicted molar refractivity (Wildman–Crippen MR) is 125 cm³/mol. The number of halogens is 2. The summed E-state index contributed by atoms with van der Waals surface area (Å²) in [6.07, 6.45) is 3.17. The van der Waals surface area contributed by atoms with E-state index in [1.165, 1.54) is 20.9 Å². The average molecular weight is 463 g/mol. The van der Waals surface area contributed by atoms with Crippen LogP contribution in [0.25, 0.3) is 0 Å². The van der Waals surface area contributed by atoms with Gasteiger partial charge in [0.15, 0.2) is 0 Å². The molecule has 3 rings (SSSR count). The molecule has 0 aliphatic carbocycles.